The van der Waals surface area contributed by atoms with Gasteiger partial charge in [0.05, 0.1) is 0 Å². The third-order valence-electron chi connectivity index (χ3n) is 6.39. The highest BCUT2D eigenvalue weighted by molar-refractivity contribution is 7.98. The van der Waals surface area contributed by atoms with Crippen LogP contribution in [-0.4, -0.2) is 46.1 Å². The number of rotatable bonds is 2. The van der Waals surface area contributed by atoms with Crippen LogP contribution in [0, 0.1) is 0 Å². The molecule has 0 saturated carbocycles. The summed E-state index contributed by atoms with van der Waals surface area (Å²) in [6.07, 6.45) is -3.76. The van der Waals surface area contributed by atoms with Gasteiger partial charge in [0.2, 0.25) is 11.2 Å². The quantitative estimate of drug-likeness (QED) is 0.322. The predicted octanol–water partition coefficient (Wildman–Crippen LogP) is 6.61. The van der Waals surface area contributed by atoms with E-state index in [1.807, 2.05) is 23.9 Å². The second-order valence-corrected chi connectivity index (χ2v) is 12.0. The first-order valence-electron chi connectivity index (χ1n) is 12.9. The summed E-state index contributed by atoms with van der Waals surface area (Å²) in [6, 6.07) is 13.7. The minimum atomic E-state index is -4.67. The number of fused-ring (bicyclic) bond motifs is 3. The molecule has 1 atom stereocenters. The fourth-order valence-corrected chi connectivity index (χ4v) is 5.71. The maximum atomic E-state index is 13.0. The average Bonchev–Trinajstić information content (AvgIpc) is 3.09. The number of thioether (sulfide) groups is 1. The zero-order valence-corrected chi connectivity index (χ0v) is 24.8. The number of carbonyl (C=O) groups excluding carboxylic acids is 2. The molecule has 0 spiro atoms. The van der Waals surface area contributed by atoms with E-state index in [9.17, 15) is 27.6 Å². The number of pyridine rings is 1. The van der Waals surface area contributed by atoms with Crippen molar-refractivity contribution in [2.24, 2.45) is 0 Å². The van der Waals surface area contributed by atoms with E-state index in [2.05, 4.69) is 35.8 Å². The van der Waals surface area contributed by atoms with Gasteiger partial charge < -0.3 is 19.8 Å². The van der Waals surface area contributed by atoms with Crippen LogP contribution in [0.25, 0.3) is 0 Å². The van der Waals surface area contributed by atoms with E-state index in [0.717, 1.165) is 41.1 Å². The van der Waals surface area contributed by atoms with Crippen LogP contribution < -0.4 is 15.6 Å². The second-order valence-electron chi connectivity index (χ2n) is 10.6. The Hall–Kier alpha value is -3.64. The number of aromatic nitrogens is 1. The number of nitrogens with zero attached hydrogens (tertiary/aromatic N) is 2. The Morgan fingerprint density at radius 1 is 1.05 bits per heavy atom. The molecule has 0 bridgehead atoms. The fourth-order valence-electron chi connectivity index (χ4n) is 4.23. The standard InChI is InChI=1S/C15H18F3N3O5.C14H11ClS/c1-8(15(16,17)18)20-7-19-21-6-5-9(22)11(10(21)12(20)23)25-13(24)26-14(2,3)4;15-13-6-3-5-10-8-11-4-1-2-7-14(11)16-9-12(10)13/h5-6,8,19H,7H2,1-4H3;1-7H,8-9H2/t8-;/m1./s1. The molecule has 0 fully saturated rings. The van der Waals surface area contributed by atoms with Gasteiger partial charge in [0, 0.05) is 27.9 Å². The summed E-state index contributed by atoms with van der Waals surface area (Å²) in [5, 5.41) is 0.901. The van der Waals surface area contributed by atoms with Gasteiger partial charge in [-0.3, -0.25) is 14.3 Å². The molecule has 8 nitrogen and oxygen atoms in total. The lowest BCUT2D eigenvalue weighted by Crippen LogP contribution is -2.54. The summed E-state index contributed by atoms with van der Waals surface area (Å²) in [5.41, 5.74) is 4.31. The number of carbonyl (C=O) groups is 2. The van der Waals surface area contributed by atoms with Crippen molar-refractivity contribution in [3.63, 3.8) is 0 Å². The van der Waals surface area contributed by atoms with E-state index in [1.165, 1.54) is 21.6 Å². The first-order valence-corrected chi connectivity index (χ1v) is 14.3. The number of nitrogens with one attached hydrogen (secondary N) is 1. The van der Waals surface area contributed by atoms with Gasteiger partial charge in [-0.2, -0.15) is 13.2 Å². The van der Waals surface area contributed by atoms with E-state index in [0.29, 0.717) is 4.90 Å². The van der Waals surface area contributed by atoms with Crippen LogP contribution in [0.1, 0.15) is 54.9 Å². The lowest BCUT2D eigenvalue weighted by molar-refractivity contribution is -0.172. The molecule has 0 radical (unpaired) electrons. The van der Waals surface area contributed by atoms with Crippen LogP contribution >= 0.6 is 23.4 Å². The SMILES string of the molecule is C[C@@H](N1CNn2ccc(=O)c(OC(=O)OC(C)(C)C)c2C1=O)C(F)(F)F.Clc1cccc2c1CSc1ccccc1C2. The van der Waals surface area contributed by atoms with Crippen molar-refractivity contribution in [2.75, 3.05) is 12.1 Å². The van der Waals surface area contributed by atoms with Gasteiger partial charge in [0.1, 0.15) is 18.3 Å². The Bertz CT molecular complexity index is 1550. The van der Waals surface area contributed by atoms with E-state index < -0.39 is 53.4 Å². The van der Waals surface area contributed by atoms with Crippen molar-refractivity contribution >= 4 is 35.4 Å². The monoisotopic (exact) mass is 623 g/mol. The lowest BCUT2D eigenvalue weighted by atomic mass is 10.0. The summed E-state index contributed by atoms with van der Waals surface area (Å²) in [7, 11) is 0. The van der Waals surface area contributed by atoms with Crippen LogP contribution in [0.2, 0.25) is 5.02 Å². The molecule has 42 heavy (non-hydrogen) atoms. The maximum absolute atomic E-state index is 13.0. The number of hydrogen-bond acceptors (Lipinski definition) is 7. The van der Waals surface area contributed by atoms with Crippen molar-refractivity contribution in [2.45, 2.75) is 62.6 Å². The third-order valence-corrected chi connectivity index (χ3v) is 7.88. The van der Waals surface area contributed by atoms with Crippen LogP contribution in [0.5, 0.6) is 5.75 Å². The van der Waals surface area contributed by atoms with Gasteiger partial charge >= 0.3 is 12.3 Å². The molecule has 2 aromatic carbocycles. The molecular weight excluding hydrogens is 595 g/mol. The summed E-state index contributed by atoms with van der Waals surface area (Å²) in [5.74, 6) is -0.838. The molecular formula is C29H29ClF3N3O5S. The van der Waals surface area contributed by atoms with Crippen molar-refractivity contribution in [3.05, 3.63) is 92.4 Å². The van der Waals surface area contributed by atoms with Gasteiger partial charge in [0.15, 0.2) is 5.69 Å². The number of alkyl halides is 3. The largest absolute Gasteiger partial charge is 0.514 e. The molecule has 1 N–H and O–H groups in total. The Morgan fingerprint density at radius 3 is 2.43 bits per heavy atom. The van der Waals surface area contributed by atoms with Gasteiger partial charge in [0.25, 0.3) is 5.91 Å². The first-order chi connectivity index (χ1) is 19.7. The topological polar surface area (TPSA) is 89.9 Å². The third kappa shape index (κ3) is 7.22. The smallest absolute Gasteiger partial charge is 0.428 e. The highest BCUT2D eigenvalue weighted by Crippen LogP contribution is 2.36. The Balaban J connectivity index is 0.000000214. The molecule has 0 saturated heterocycles. The van der Waals surface area contributed by atoms with E-state index in [-0.39, 0.29) is 0 Å². The normalized spacial score (nSPS) is 15.0. The second kappa shape index (κ2) is 12.3. The molecule has 2 aliphatic heterocycles. The molecule has 2 aliphatic rings. The first kappa shape index (κ1) is 31.3. The minimum absolute atomic E-state index is 0.443. The Labute approximate surface area is 249 Å². The summed E-state index contributed by atoms with van der Waals surface area (Å²) < 4.78 is 49.7. The molecule has 13 heteroatoms. The van der Waals surface area contributed by atoms with Crippen LogP contribution in [-0.2, 0) is 16.9 Å². The van der Waals surface area contributed by atoms with Gasteiger partial charge in [-0.05, 0) is 62.9 Å². The van der Waals surface area contributed by atoms with Gasteiger partial charge in [-0.25, -0.2) is 4.79 Å². The lowest BCUT2D eigenvalue weighted by Gasteiger charge is -2.36. The van der Waals surface area contributed by atoms with Crippen molar-refractivity contribution in [3.8, 4) is 5.75 Å². The molecule has 1 amide bonds. The van der Waals surface area contributed by atoms with Gasteiger partial charge in [-0.1, -0.05) is 41.9 Å². The number of benzene rings is 2. The van der Waals surface area contributed by atoms with E-state index >= 15 is 0 Å². The fraction of sp³-hybridized carbons (Fsp3) is 0.345. The molecule has 5 rings (SSSR count). The van der Waals surface area contributed by atoms with Crippen molar-refractivity contribution < 1.29 is 32.2 Å². The highest BCUT2D eigenvalue weighted by atomic mass is 35.5. The maximum Gasteiger partial charge on any atom is 0.514 e. The molecule has 224 valence electrons. The summed E-state index contributed by atoms with van der Waals surface area (Å²) in [6.45, 7) is 5.04. The Morgan fingerprint density at radius 2 is 1.74 bits per heavy atom. The molecule has 3 aromatic rings. The van der Waals surface area contributed by atoms with Crippen LogP contribution in [0.3, 0.4) is 0 Å². The van der Waals surface area contributed by atoms with Crippen LogP contribution in [0.4, 0.5) is 18.0 Å². The zero-order chi connectivity index (χ0) is 30.8. The molecule has 1 aromatic heterocycles. The van der Waals surface area contributed by atoms with Crippen molar-refractivity contribution in [1.29, 1.82) is 0 Å². The number of amides is 1. The highest BCUT2D eigenvalue weighted by Gasteiger charge is 2.45. The minimum Gasteiger partial charge on any atom is -0.428 e. The Kier molecular flexibility index (Phi) is 9.17. The van der Waals surface area contributed by atoms with E-state index in [1.54, 1.807) is 20.8 Å². The van der Waals surface area contributed by atoms with E-state index in [4.69, 9.17) is 21.1 Å². The molecule has 3 heterocycles. The molecule has 0 aliphatic carbocycles. The average molecular weight is 624 g/mol. The van der Waals surface area contributed by atoms with Crippen LogP contribution in [0.15, 0.2) is 64.4 Å². The zero-order valence-electron chi connectivity index (χ0n) is 23.3. The summed E-state index contributed by atoms with van der Waals surface area (Å²) >= 11 is 8.13. The number of ether oxygens (including phenoxy) is 2. The van der Waals surface area contributed by atoms with Gasteiger partial charge in [-0.15, -0.1) is 11.8 Å². The molecule has 0 unspecified atom stereocenters. The van der Waals surface area contributed by atoms with Crippen molar-refractivity contribution in [1.82, 2.24) is 9.58 Å². The number of halogens is 4. The predicted molar refractivity (Wildman–Crippen MR) is 154 cm³/mol. The summed E-state index contributed by atoms with van der Waals surface area (Å²) in [4.78, 5) is 38.3. The number of hydrogen-bond donors (Lipinski definition) is 1.